The number of sulfonamides is 1. The fourth-order valence-electron chi connectivity index (χ4n) is 0.799. The van der Waals surface area contributed by atoms with Crippen LogP contribution in [-0.4, -0.2) is 15.5 Å². The Morgan fingerprint density at radius 1 is 1.31 bits per heavy atom. The predicted molar refractivity (Wildman–Crippen MR) is 44.4 cm³/mol. The van der Waals surface area contributed by atoms with E-state index in [0.29, 0.717) is 5.75 Å². The zero-order valence-electron chi connectivity index (χ0n) is 6.82. The molecule has 72 valence electrons. The van der Waals surface area contributed by atoms with Crippen LogP contribution in [0.2, 0.25) is 0 Å². The molecule has 1 N–H and O–H groups in total. The third kappa shape index (κ3) is 2.16. The molecule has 0 aliphatic carbocycles. The molecule has 0 bridgehead atoms. The second-order valence-electron chi connectivity index (χ2n) is 2.26. The van der Waals surface area contributed by atoms with Crippen LogP contribution in [0.1, 0.15) is 0 Å². The Morgan fingerprint density at radius 2 is 1.85 bits per heavy atom. The summed E-state index contributed by atoms with van der Waals surface area (Å²) in [6.45, 7) is 0. The van der Waals surface area contributed by atoms with E-state index >= 15 is 0 Å². The third-order valence-corrected chi connectivity index (χ3v) is 2.57. The van der Waals surface area contributed by atoms with E-state index in [2.05, 4.69) is 0 Å². The topological polar surface area (TPSA) is 55.4 Å². The van der Waals surface area contributed by atoms with Gasteiger partial charge in [-0.15, -0.1) is 4.48 Å². The summed E-state index contributed by atoms with van der Waals surface area (Å²) < 4.78 is 38.3. The van der Waals surface area contributed by atoms with Crippen molar-refractivity contribution in [3.63, 3.8) is 0 Å². The van der Waals surface area contributed by atoms with Gasteiger partial charge in [0.25, 0.3) is 10.0 Å². The molecule has 0 spiro atoms. The molecule has 13 heavy (non-hydrogen) atoms. The molecule has 4 nitrogen and oxygen atoms in total. The van der Waals surface area contributed by atoms with Gasteiger partial charge in [-0.05, 0) is 29.2 Å². The lowest BCUT2D eigenvalue weighted by atomic mass is 10.3. The Labute approximate surface area is 75.3 Å². The van der Waals surface area contributed by atoms with Crippen LogP contribution >= 0.6 is 0 Å². The molecule has 0 saturated heterocycles. The van der Waals surface area contributed by atoms with Crippen LogP contribution in [0.25, 0.3) is 0 Å². The minimum Gasteiger partial charge on any atom is -0.497 e. The first-order chi connectivity index (χ1) is 6.10. The maximum Gasteiger partial charge on any atom is 0.266 e. The van der Waals surface area contributed by atoms with Crippen molar-refractivity contribution in [2.75, 3.05) is 7.11 Å². The number of nitrogens with one attached hydrogen (secondary N) is 1. The van der Waals surface area contributed by atoms with Crippen molar-refractivity contribution in [2.45, 2.75) is 4.90 Å². The van der Waals surface area contributed by atoms with Crippen LogP contribution in [0, 0.1) is 0 Å². The first kappa shape index (κ1) is 9.94. The van der Waals surface area contributed by atoms with Crippen molar-refractivity contribution >= 4 is 10.0 Å². The highest BCUT2D eigenvalue weighted by atomic mass is 32.2. The molecule has 0 saturated carbocycles. The number of halogens is 1. The third-order valence-electron chi connectivity index (χ3n) is 1.47. The minimum absolute atomic E-state index is 0.143. The average molecular weight is 205 g/mol. The molecule has 0 fully saturated rings. The molecule has 0 amide bonds. The molecule has 1 aromatic carbocycles. The van der Waals surface area contributed by atoms with Crippen molar-refractivity contribution in [3.05, 3.63) is 24.3 Å². The Balaban J connectivity index is 3.06. The molecule has 6 heteroatoms. The van der Waals surface area contributed by atoms with E-state index in [-0.39, 0.29) is 4.90 Å². The molecule has 1 rings (SSSR count). The van der Waals surface area contributed by atoms with E-state index in [4.69, 9.17) is 4.74 Å². The Kier molecular flexibility index (Phi) is 2.84. The Bertz CT molecular complexity index is 373. The molecule has 0 radical (unpaired) electrons. The monoisotopic (exact) mass is 205 g/mol. The summed E-state index contributed by atoms with van der Waals surface area (Å²) in [5.74, 6) is 0.512. The SMILES string of the molecule is COc1ccc(S(=O)(=O)NF)cc1. The van der Waals surface area contributed by atoms with Crippen LogP contribution in [-0.2, 0) is 10.0 Å². The van der Waals surface area contributed by atoms with E-state index in [1.807, 2.05) is 0 Å². The van der Waals surface area contributed by atoms with E-state index in [1.165, 1.54) is 31.4 Å². The van der Waals surface area contributed by atoms with Gasteiger partial charge in [0.05, 0.1) is 12.0 Å². The Morgan fingerprint density at radius 3 is 2.23 bits per heavy atom. The van der Waals surface area contributed by atoms with E-state index in [1.54, 1.807) is 0 Å². The predicted octanol–water partition coefficient (Wildman–Crippen LogP) is 0.858. The van der Waals surface area contributed by atoms with E-state index in [0.717, 1.165) is 4.94 Å². The summed E-state index contributed by atoms with van der Waals surface area (Å²) >= 11 is 0. The van der Waals surface area contributed by atoms with Crippen LogP contribution in [0.15, 0.2) is 29.2 Å². The summed E-state index contributed by atoms with van der Waals surface area (Å²) in [6, 6.07) is 5.37. The first-order valence-corrected chi connectivity index (χ1v) is 4.85. The van der Waals surface area contributed by atoms with Crippen LogP contribution < -0.4 is 9.68 Å². The molecular weight excluding hydrogens is 197 g/mol. The highest BCUT2D eigenvalue weighted by Crippen LogP contribution is 2.14. The van der Waals surface area contributed by atoms with Gasteiger partial charge in [0.15, 0.2) is 0 Å². The lowest BCUT2D eigenvalue weighted by Gasteiger charge is -2.01. The number of rotatable bonds is 3. The molecule has 1 aromatic rings. The normalized spacial score (nSPS) is 11.2. The second-order valence-corrected chi connectivity index (χ2v) is 3.89. The summed E-state index contributed by atoms with van der Waals surface area (Å²) in [5, 5.41) is 0. The van der Waals surface area contributed by atoms with Gasteiger partial charge in [0, 0.05) is 0 Å². The zero-order chi connectivity index (χ0) is 9.90. The number of methoxy groups -OCH3 is 1. The maximum absolute atomic E-state index is 11.8. The van der Waals surface area contributed by atoms with Gasteiger partial charge >= 0.3 is 0 Å². The standard InChI is InChI=1S/C7H8FNO3S/c1-12-6-2-4-7(5-3-6)13(10,11)9-8/h2-5,9H,1H3. The van der Waals surface area contributed by atoms with Crippen LogP contribution in [0.5, 0.6) is 5.75 Å². The molecule has 0 atom stereocenters. The largest absolute Gasteiger partial charge is 0.497 e. The quantitative estimate of drug-likeness (QED) is 0.744. The van der Waals surface area contributed by atoms with Gasteiger partial charge < -0.3 is 4.74 Å². The Hall–Kier alpha value is -1.14. The van der Waals surface area contributed by atoms with Gasteiger partial charge in [-0.2, -0.15) is 0 Å². The summed E-state index contributed by atoms with van der Waals surface area (Å²) in [5.41, 5.74) is 0. The van der Waals surface area contributed by atoms with Crippen molar-refractivity contribution in [1.29, 1.82) is 0 Å². The number of hydrogen-bond acceptors (Lipinski definition) is 3. The average Bonchev–Trinajstić information content (AvgIpc) is 2.18. The molecule has 0 heterocycles. The second kappa shape index (κ2) is 3.71. The van der Waals surface area contributed by atoms with Gasteiger partial charge in [0.2, 0.25) is 0 Å². The number of benzene rings is 1. The highest BCUT2D eigenvalue weighted by molar-refractivity contribution is 7.89. The van der Waals surface area contributed by atoms with Crippen LogP contribution in [0.4, 0.5) is 4.48 Å². The fraction of sp³-hybridized carbons (Fsp3) is 0.143. The van der Waals surface area contributed by atoms with Crippen molar-refractivity contribution < 1.29 is 17.6 Å². The van der Waals surface area contributed by atoms with Crippen molar-refractivity contribution in [3.8, 4) is 5.75 Å². The first-order valence-electron chi connectivity index (χ1n) is 3.36. The van der Waals surface area contributed by atoms with E-state index in [9.17, 15) is 12.9 Å². The summed E-state index contributed by atoms with van der Waals surface area (Å²) in [6.07, 6.45) is 0. The number of hydrogen-bond donors (Lipinski definition) is 1. The molecular formula is C7H8FNO3S. The minimum atomic E-state index is -4.00. The zero-order valence-corrected chi connectivity index (χ0v) is 7.64. The summed E-state index contributed by atoms with van der Waals surface area (Å²) in [4.78, 5) is 0.584. The van der Waals surface area contributed by atoms with Crippen molar-refractivity contribution in [2.24, 2.45) is 0 Å². The van der Waals surface area contributed by atoms with Gasteiger partial charge in [-0.25, -0.2) is 8.42 Å². The fourth-order valence-corrected chi connectivity index (χ4v) is 1.38. The van der Waals surface area contributed by atoms with Gasteiger partial charge in [-0.1, -0.05) is 0 Å². The lowest BCUT2D eigenvalue weighted by Crippen LogP contribution is -2.14. The lowest BCUT2D eigenvalue weighted by molar-refractivity contribution is 0.413. The molecule has 0 unspecified atom stereocenters. The van der Waals surface area contributed by atoms with Gasteiger partial charge in [0.1, 0.15) is 5.75 Å². The number of ether oxygens (including phenoxy) is 1. The van der Waals surface area contributed by atoms with Gasteiger partial charge in [-0.3, -0.25) is 0 Å². The van der Waals surface area contributed by atoms with E-state index < -0.39 is 10.0 Å². The molecule has 0 aliphatic rings. The summed E-state index contributed by atoms with van der Waals surface area (Å²) in [7, 11) is -2.54. The molecule has 0 aliphatic heterocycles. The maximum atomic E-state index is 11.8. The smallest absolute Gasteiger partial charge is 0.266 e. The van der Waals surface area contributed by atoms with Crippen molar-refractivity contribution in [1.82, 2.24) is 4.94 Å². The molecule has 0 aromatic heterocycles. The van der Waals surface area contributed by atoms with Crippen LogP contribution in [0.3, 0.4) is 0 Å². The highest BCUT2D eigenvalue weighted by Gasteiger charge is 2.12.